The zero-order valence-electron chi connectivity index (χ0n) is 13.7. The molecule has 1 N–H and O–H groups in total. The number of amides is 1. The van der Waals surface area contributed by atoms with Gasteiger partial charge < -0.3 is 4.42 Å². The molecule has 1 atom stereocenters. The lowest BCUT2D eigenvalue weighted by atomic mass is 10.1. The minimum Gasteiger partial charge on any atom is -0.467 e. The second-order valence-electron chi connectivity index (χ2n) is 6.07. The Bertz CT molecular complexity index is 699. The van der Waals surface area contributed by atoms with E-state index in [9.17, 15) is 4.79 Å². The van der Waals surface area contributed by atoms with Crippen LogP contribution in [0.4, 0.5) is 0 Å². The lowest BCUT2D eigenvalue weighted by Crippen LogP contribution is -2.41. The maximum absolute atomic E-state index is 12.5. The van der Waals surface area contributed by atoms with Crippen LogP contribution < -0.4 is 5.43 Å². The topological polar surface area (TPSA) is 45.5 Å². The van der Waals surface area contributed by atoms with Gasteiger partial charge in [-0.25, -0.2) is 5.01 Å². The summed E-state index contributed by atoms with van der Waals surface area (Å²) in [6.45, 7) is 5.94. The van der Waals surface area contributed by atoms with Crippen LogP contribution in [0.2, 0.25) is 0 Å². The van der Waals surface area contributed by atoms with Crippen molar-refractivity contribution in [1.29, 1.82) is 0 Å². The summed E-state index contributed by atoms with van der Waals surface area (Å²) in [5.74, 6) is 0.713. The first-order valence-electron chi connectivity index (χ1n) is 8.04. The molecule has 4 nitrogen and oxygen atoms in total. The van der Waals surface area contributed by atoms with Crippen molar-refractivity contribution in [3.63, 3.8) is 0 Å². The maximum atomic E-state index is 12.5. The zero-order chi connectivity index (χ0) is 16.4. The number of carbonyl (C=O) groups is 1. The molecule has 0 fully saturated rings. The Hall–Kier alpha value is -2.49. The van der Waals surface area contributed by atoms with Crippen LogP contribution in [0, 0.1) is 5.92 Å². The molecule has 0 saturated heterocycles. The standard InChI is InChI=1S/C19H22N2O2/c1-4-14-7-9-15(10-8-14)16-12-17(18-6-5-11-23-18)21(20-16)19(22)13(2)3/h5-13,17,20H,4H2,1-3H3/t17-/m0/s1. The van der Waals surface area contributed by atoms with Crippen molar-refractivity contribution in [2.75, 3.05) is 0 Å². The van der Waals surface area contributed by atoms with Crippen molar-refractivity contribution in [2.45, 2.75) is 33.2 Å². The molecule has 4 heteroatoms. The molecule has 1 amide bonds. The smallest absolute Gasteiger partial charge is 0.244 e. The number of nitrogens with zero attached hydrogens (tertiary/aromatic N) is 1. The Kier molecular flexibility index (Phi) is 4.24. The summed E-state index contributed by atoms with van der Waals surface area (Å²) >= 11 is 0. The van der Waals surface area contributed by atoms with E-state index in [1.54, 1.807) is 11.3 Å². The highest BCUT2D eigenvalue weighted by Crippen LogP contribution is 2.32. The molecule has 2 aromatic rings. The fourth-order valence-corrected chi connectivity index (χ4v) is 2.69. The summed E-state index contributed by atoms with van der Waals surface area (Å²) in [5.41, 5.74) is 6.55. The monoisotopic (exact) mass is 310 g/mol. The van der Waals surface area contributed by atoms with Crippen molar-refractivity contribution in [2.24, 2.45) is 5.92 Å². The second kappa shape index (κ2) is 6.32. The third-order valence-electron chi connectivity index (χ3n) is 4.08. The van der Waals surface area contributed by atoms with E-state index in [-0.39, 0.29) is 17.9 Å². The van der Waals surface area contributed by atoms with Gasteiger partial charge in [-0.2, -0.15) is 0 Å². The highest BCUT2D eigenvalue weighted by molar-refractivity contribution is 5.82. The molecule has 2 heterocycles. The summed E-state index contributed by atoms with van der Waals surface area (Å²) in [7, 11) is 0. The molecular formula is C19H22N2O2. The molecule has 3 rings (SSSR count). The molecule has 1 aliphatic rings. The minimum atomic E-state index is -0.222. The third-order valence-corrected chi connectivity index (χ3v) is 4.08. The quantitative estimate of drug-likeness (QED) is 0.930. The van der Waals surface area contributed by atoms with Crippen LogP contribution in [-0.2, 0) is 11.2 Å². The number of aryl methyl sites for hydroxylation is 1. The molecule has 0 unspecified atom stereocenters. The molecular weight excluding hydrogens is 288 g/mol. The van der Waals surface area contributed by atoms with Gasteiger partial charge in [-0.05, 0) is 35.8 Å². The summed E-state index contributed by atoms with van der Waals surface area (Å²) < 4.78 is 5.52. The number of carbonyl (C=O) groups excluding carboxylic acids is 1. The summed E-state index contributed by atoms with van der Waals surface area (Å²) in [4.78, 5) is 12.5. The van der Waals surface area contributed by atoms with Crippen LogP contribution in [0.3, 0.4) is 0 Å². The molecule has 0 saturated carbocycles. The number of rotatable bonds is 4. The number of nitrogens with one attached hydrogen (secondary N) is 1. The van der Waals surface area contributed by atoms with Crippen molar-refractivity contribution in [3.8, 4) is 0 Å². The Morgan fingerprint density at radius 1 is 1.26 bits per heavy atom. The van der Waals surface area contributed by atoms with E-state index in [1.165, 1.54) is 5.56 Å². The molecule has 23 heavy (non-hydrogen) atoms. The highest BCUT2D eigenvalue weighted by atomic mass is 16.3. The van der Waals surface area contributed by atoms with E-state index in [1.807, 2.05) is 32.1 Å². The van der Waals surface area contributed by atoms with Crippen molar-refractivity contribution in [3.05, 3.63) is 65.6 Å². The van der Waals surface area contributed by atoms with Gasteiger partial charge in [0.25, 0.3) is 0 Å². The van der Waals surface area contributed by atoms with Crippen LogP contribution in [-0.4, -0.2) is 10.9 Å². The molecule has 0 bridgehead atoms. The third kappa shape index (κ3) is 3.02. The van der Waals surface area contributed by atoms with Gasteiger partial charge in [-0.3, -0.25) is 10.2 Å². The van der Waals surface area contributed by atoms with E-state index in [2.05, 4.69) is 36.6 Å². The lowest BCUT2D eigenvalue weighted by molar-refractivity contribution is -0.138. The molecule has 1 aromatic carbocycles. The molecule has 0 radical (unpaired) electrons. The van der Waals surface area contributed by atoms with Gasteiger partial charge in [-0.1, -0.05) is 45.0 Å². The average Bonchev–Trinajstić information content (AvgIpc) is 3.23. The summed E-state index contributed by atoms with van der Waals surface area (Å²) in [6.07, 6.45) is 4.69. The maximum Gasteiger partial charge on any atom is 0.244 e. The van der Waals surface area contributed by atoms with Gasteiger partial charge in [0, 0.05) is 5.92 Å². The first-order valence-corrected chi connectivity index (χ1v) is 8.04. The predicted molar refractivity (Wildman–Crippen MR) is 90.1 cm³/mol. The SMILES string of the molecule is CCc1ccc(C2=C[C@@H](c3ccco3)N(C(=O)C(C)C)N2)cc1. The predicted octanol–water partition coefficient (Wildman–Crippen LogP) is 3.93. The van der Waals surface area contributed by atoms with Crippen molar-refractivity contribution >= 4 is 11.6 Å². The van der Waals surface area contributed by atoms with E-state index >= 15 is 0 Å². The van der Waals surface area contributed by atoms with E-state index in [4.69, 9.17) is 4.42 Å². The van der Waals surface area contributed by atoms with Gasteiger partial charge in [0.1, 0.15) is 11.8 Å². The van der Waals surface area contributed by atoms with Gasteiger partial charge >= 0.3 is 0 Å². The number of hydrazine groups is 1. The average molecular weight is 310 g/mol. The summed E-state index contributed by atoms with van der Waals surface area (Å²) in [6, 6.07) is 11.9. The molecule has 0 spiro atoms. The van der Waals surface area contributed by atoms with Gasteiger partial charge in [-0.15, -0.1) is 0 Å². The van der Waals surface area contributed by atoms with Crippen LogP contribution in [0.1, 0.15) is 43.7 Å². The number of hydrogen-bond donors (Lipinski definition) is 1. The van der Waals surface area contributed by atoms with Crippen LogP contribution in [0.25, 0.3) is 5.70 Å². The highest BCUT2D eigenvalue weighted by Gasteiger charge is 2.33. The summed E-state index contributed by atoms with van der Waals surface area (Å²) in [5, 5.41) is 1.66. The van der Waals surface area contributed by atoms with Crippen molar-refractivity contribution in [1.82, 2.24) is 10.4 Å². The van der Waals surface area contributed by atoms with E-state index in [0.29, 0.717) is 0 Å². The normalized spacial score (nSPS) is 17.3. The Morgan fingerprint density at radius 2 is 2.00 bits per heavy atom. The number of hydrogen-bond acceptors (Lipinski definition) is 3. The van der Waals surface area contributed by atoms with Gasteiger partial charge in [0.2, 0.25) is 5.91 Å². The van der Waals surface area contributed by atoms with Gasteiger partial charge in [0.15, 0.2) is 0 Å². The Morgan fingerprint density at radius 3 is 2.57 bits per heavy atom. The number of furan rings is 1. The minimum absolute atomic E-state index is 0.0443. The first kappa shape index (κ1) is 15.4. The number of benzene rings is 1. The Labute approximate surface area is 136 Å². The lowest BCUT2D eigenvalue weighted by Gasteiger charge is -2.25. The van der Waals surface area contributed by atoms with Crippen LogP contribution in [0.15, 0.2) is 53.2 Å². The molecule has 1 aromatic heterocycles. The van der Waals surface area contributed by atoms with Gasteiger partial charge in [0.05, 0.1) is 12.0 Å². The first-order chi connectivity index (χ1) is 11.1. The van der Waals surface area contributed by atoms with Crippen molar-refractivity contribution < 1.29 is 9.21 Å². The van der Waals surface area contributed by atoms with E-state index in [0.717, 1.165) is 23.4 Å². The molecule has 120 valence electrons. The van der Waals surface area contributed by atoms with Crippen LogP contribution >= 0.6 is 0 Å². The Balaban J connectivity index is 1.92. The second-order valence-corrected chi connectivity index (χ2v) is 6.07. The fraction of sp³-hybridized carbons (Fsp3) is 0.316. The van der Waals surface area contributed by atoms with E-state index < -0.39 is 0 Å². The molecule has 0 aliphatic carbocycles. The zero-order valence-corrected chi connectivity index (χ0v) is 13.7. The largest absolute Gasteiger partial charge is 0.467 e. The van der Waals surface area contributed by atoms with Crippen LogP contribution in [0.5, 0.6) is 0 Å². The molecule has 1 aliphatic heterocycles. The fourth-order valence-electron chi connectivity index (χ4n) is 2.69.